The Morgan fingerprint density at radius 2 is 1.75 bits per heavy atom. The van der Waals surface area contributed by atoms with Crippen LogP contribution >= 0.6 is 11.3 Å². The number of fused-ring (bicyclic) bond motifs is 2. The summed E-state index contributed by atoms with van der Waals surface area (Å²) in [6.45, 7) is 1.87. The molecular weight excluding hydrogens is 528 g/mol. The molecule has 0 bridgehead atoms. The van der Waals surface area contributed by atoms with Crippen LogP contribution in [0.2, 0.25) is 0 Å². The van der Waals surface area contributed by atoms with Gasteiger partial charge in [0.25, 0.3) is 20.2 Å². The van der Waals surface area contributed by atoms with Crippen LogP contribution in [0.25, 0.3) is 20.8 Å². The fourth-order valence-corrected chi connectivity index (χ4v) is 5.82. The molecule has 0 saturated heterocycles. The summed E-state index contributed by atoms with van der Waals surface area (Å²) in [4.78, 5) is 19.3. The maximum absolute atomic E-state index is 11.8. The summed E-state index contributed by atoms with van der Waals surface area (Å²) < 4.78 is 66.2. The minimum atomic E-state index is -4.72. The van der Waals surface area contributed by atoms with Crippen molar-refractivity contribution in [2.24, 2.45) is 10.9 Å². The number of hydrogen-bond donors (Lipinski definition) is 3. The van der Waals surface area contributed by atoms with Gasteiger partial charge in [0.05, 0.1) is 36.7 Å². The van der Waals surface area contributed by atoms with Gasteiger partial charge in [0, 0.05) is 6.42 Å². The Kier molecular flexibility index (Phi) is 6.94. The molecule has 13 heteroatoms. The Balaban J connectivity index is 1.78. The summed E-state index contributed by atoms with van der Waals surface area (Å²) in [6, 6.07) is 13.2. The highest BCUT2D eigenvalue weighted by Crippen LogP contribution is 2.31. The van der Waals surface area contributed by atoms with Gasteiger partial charge in [-0.05, 0) is 66.4 Å². The van der Waals surface area contributed by atoms with Crippen LogP contribution in [0.1, 0.15) is 18.9 Å². The summed E-state index contributed by atoms with van der Waals surface area (Å²) in [5.41, 5.74) is 2.00. The first kappa shape index (κ1) is 25.9. The van der Waals surface area contributed by atoms with Crippen LogP contribution in [0.15, 0.2) is 69.4 Å². The molecule has 0 amide bonds. The Morgan fingerprint density at radius 1 is 1.00 bits per heavy atom. The molecular formula is C23H20N2O8S3. The van der Waals surface area contributed by atoms with E-state index in [4.69, 9.17) is 5.11 Å². The van der Waals surface area contributed by atoms with Crippen LogP contribution in [0.3, 0.4) is 0 Å². The smallest absolute Gasteiger partial charge is 0.303 e. The van der Waals surface area contributed by atoms with E-state index in [9.17, 15) is 30.7 Å². The highest BCUT2D eigenvalue weighted by Gasteiger charge is 2.19. The lowest BCUT2D eigenvalue weighted by atomic mass is 9.98. The third-order valence-electron chi connectivity index (χ3n) is 5.29. The number of carboxylic acid groups (broad SMARTS) is 1. The number of benzene rings is 3. The lowest BCUT2D eigenvalue weighted by Gasteiger charge is -2.11. The second-order valence-electron chi connectivity index (χ2n) is 8.27. The molecule has 4 rings (SSSR count). The monoisotopic (exact) mass is 548 g/mol. The number of carbonyl (C=O) groups is 1. The first-order valence-electron chi connectivity index (χ1n) is 10.5. The molecule has 2 aliphatic rings. The van der Waals surface area contributed by atoms with E-state index in [0.29, 0.717) is 12.1 Å². The van der Waals surface area contributed by atoms with Gasteiger partial charge in [0.15, 0.2) is 0 Å². The Hall–Kier alpha value is -3.23. The van der Waals surface area contributed by atoms with Crippen LogP contribution < -0.4 is 5.36 Å². The minimum Gasteiger partial charge on any atom is -0.481 e. The molecule has 0 fully saturated rings. The number of aliphatic carboxylic acids is 1. The van der Waals surface area contributed by atoms with E-state index in [1.165, 1.54) is 11.3 Å². The fourth-order valence-electron chi connectivity index (χ4n) is 3.73. The number of carboxylic acids is 1. The Labute approximate surface area is 210 Å². The Morgan fingerprint density at radius 3 is 2.42 bits per heavy atom. The van der Waals surface area contributed by atoms with Crippen LogP contribution in [0.5, 0.6) is 0 Å². The zero-order valence-electron chi connectivity index (χ0n) is 18.7. The van der Waals surface area contributed by atoms with E-state index in [1.807, 2.05) is 25.1 Å². The Bertz CT molecular complexity index is 1740. The summed E-state index contributed by atoms with van der Waals surface area (Å²) in [5.74, 6) is -0.871. The third kappa shape index (κ3) is 5.94. The molecule has 2 aromatic carbocycles. The zero-order chi connectivity index (χ0) is 26.3. The molecule has 3 N–H and O–H groups in total. The predicted molar refractivity (Wildman–Crippen MR) is 133 cm³/mol. The van der Waals surface area contributed by atoms with Gasteiger partial charge in [-0.15, -0.1) is 11.3 Å². The minimum absolute atomic E-state index is 0.0276. The standard InChI is InChI=1S/C23H20N2O8S3/c1-13(9-23(26)27)8-14-2-6-20-18(10-14)25-17-5-3-15(11-21(17)34-20)24-19-12-16(35(28,29)30)4-7-22(19)36(31,32)33/h2-7,10-13H,8-9H2,1H3,(H,26,27)(H,28,29,30)(H,31,32,33). The molecule has 1 aliphatic carbocycles. The molecule has 0 spiro atoms. The van der Waals surface area contributed by atoms with E-state index in [1.54, 1.807) is 18.2 Å². The van der Waals surface area contributed by atoms with E-state index in [2.05, 4.69) is 9.98 Å². The van der Waals surface area contributed by atoms with Crippen LogP contribution in [-0.4, -0.2) is 42.0 Å². The fraction of sp³-hybridized carbons (Fsp3) is 0.174. The van der Waals surface area contributed by atoms with Gasteiger partial charge in [0.1, 0.15) is 4.90 Å². The molecule has 1 heterocycles. The van der Waals surface area contributed by atoms with Crippen LogP contribution in [-0.2, 0) is 31.5 Å². The van der Waals surface area contributed by atoms with Crippen LogP contribution in [0.4, 0.5) is 5.69 Å². The molecule has 1 unspecified atom stereocenters. The van der Waals surface area contributed by atoms with Gasteiger partial charge in [0.2, 0.25) is 0 Å². The quantitative estimate of drug-likeness (QED) is 0.229. The van der Waals surface area contributed by atoms with Gasteiger partial charge >= 0.3 is 5.97 Å². The first-order valence-corrected chi connectivity index (χ1v) is 14.2. The largest absolute Gasteiger partial charge is 0.481 e. The van der Waals surface area contributed by atoms with E-state index < -0.39 is 36.0 Å². The van der Waals surface area contributed by atoms with Crippen molar-refractivity contribution in [1.29, 1.82) is 0 Å². The molecule has 0 radical (unpaired) electrons. The molecule has 2 aromatic rings. The number of nitrogens with zero attached hydrogens (tertiary/aromatic N) is 2. The molecule has 0 aromatic heterocycles. The van der Waals surface area contributed by atoms with Crippen molar-refractivity contribution in [2.75, 3.05) is 0 Å². The highest BCUT2D eigenvalue weighted by atomic mass is 32.2. The number of aromatic nitrogens is 1. The van der Waals surface area contributed by atoms with Gasteiger partial charge in [-0.25, -0.2) is 9.98 Å². The maximum atomic E-state index is 11.8. The molecule has 188 valence electrons. The second-order valence-corrected chi connectivity index (χ2v) is 12.2. The first-order chi connectivity index (χ1) is 16.8. The summed E-state index contributed by atoms with van der Waals surface area (Å²) in [6.07, 6.45) is 0.674. The van der Waals surface area contributed by atoms with Crippen molar-refractivity contribution >= 4 is 53.4 Å². The lowest BCUT2D eigenvalue weighted by molar-refractivity contribution is -0.137. The number of hydrogen-bond acceptors (Lipinski definition) is 8. The van der Waals surface area contributed by atoms with Gasteiger partial charge < -0.3 is 5.11 Å². The summed E-state index contributed by atoms with van der Waals surface area (Å²) in [7, 11) is -9.35. The average Bonchev–Trinajstić information content (AvgIpc) is 2.75. The van der Waals surface area contributed by atoms with E-state index in [-0.39, 0.29) is 23.4 Å². The lowest BCUT2D eigenvalue weighted by Crippen LogP contribution is -2.07. The van der Waals surface area contributed by atoms with Crippen molar-refractivity contribution < 1.29 is 35.8 Å². The van der Waals surface area contributed by atoms with Gasteiger partial charge in [-0.3, -0.25) is 13.9 Å². The van der Waals surface area contributed by atoms with Crippen molar-refractivity contribution in [2.45, 2.75) is 29.6 Å². The molecule has 0 saturated carbocycles. The van der Waals surface area contributed by atoms with Crippen molar-refractivity contribution in [3.63, 3.8) is 0 Å². The van der Waals surface area contributed by atoms with E-state index >= 15 is 0 Å². The normalized spacial score (nSPS) is 13.8. The zero-order valence-corrected chi connectivity index (χ0v) is 21.1. The number of rotatable bonds is 7. The molecule has 1 aliphatic heterocycles. The second kappa shape index (κ2) is 9.67. The van der Waals surface area contributed by atoms with Crippen molar-refractivity contribution in [3.8, 4) is 10.6 Å². The SMILES string of the molecule is CC(CC(=O)O)Cc1ccc2sc3cc(=Nc4cc(S(=O)(=O)O)ccc4S(=O)(=O)O)ccc-3nc2c1. The van der Waals surface area contributed by atoms with Gasteiger partial charge in [-0.1, -0.05) is 13.0 Å². The van der Waals surface area contributed by atoms with Crippen molar-refractivity contribution in [1.82, 2.24) is 4.98 Å². The van der Waals surface area contributed by atoms with E-state index in [0.717, 1.165) is 38.9 Å². The van der Waals surface area contributed by atoms with Crippen LogP contribution in [0, 0.1) is 5.92 Å². The average molecular weight is 549 g/mol. The highest BCUT2D eigenvalue weighted by molar-refractivity contribution is 7.86. The summed E-state index contributed by atoms with van der Waals surface area (Å²) >= 11 is 1.41. The van der Waals surface area contributed by atoms with Gasteiger partial charge in [-0.2, -0.15) is 16.8 Å². The third-order valence-corrected chi connectivity index (χ3v) is 8.15. The summed E-state index contributed by atoms with van der Waals surface area (Å²) in [5, 5.41) is 9.25. The van der Waals surface area contributed by atoms with Crippen molar-refractivity contribution in [3.05, 3.63) is 65.5 Å². The predicted octanol–water partition coefficient (Wildman–Crippen LogP) is 3.78. The maximum Gasteiger partial charge on any atom is 0.303 e. The molecule has 1 atom stereocenters. The topological polar surface area (TPSA) is 171 Å². The molecule has 10 nitrogen and oxygen atoms in total. The molecule has 36 heavy (non-hydrogen) atoms.